The summed E-state index contributed by atoms with van der Waals surface area (Å²) in [6, 6.07) is 1.95. The summed E-state index contributed by atoms with van der Waals surface area (Å²) >= 11 is 0. The van der Waals surface area contributed by atoms with E-state index in [-0.39, 0.29) is 23.9 Å². The molecule has 6 heteroatoms. The second-order valence-electron chi connectivity index (χ2n) is 4.86. The molecule has 1 saturated heterocycles. The number of benzene rings is 1. The van der Waals surface area contributed by atoms with Crippen molar-refractivity contribution in [3.63, 3.8) is 0 Å². The number of halogens is 2. The van der Waals surface area contributed by atoms with Gasteiger partial charge in [0.2, 0.25) is 11.8 Å². The van der Waals surface area contributed by atoms with Crippen LogP contribution in [0.4, 0.5) is 8.78 Å². The van der Waals surface area contributed by atoms with E-state index in [1.165, 1.54) is 11.0 Å². The highest BCUT2D eigenvalue weighted by Crippen LogP contribution is 2.19. The quantitative estimate of drug-likeness (QED) is 0.915. The van der Waals surface area contributed by atoms with Crippen molar-refractivity contribution in [2.75, 3.05) is 0 Å². The molecule has 1 N–H and O–H groups in total. The fourth-order valence-electron chi connectivity index (χ4n) is 2.34. The molecule has 0 bridgehead atoms. The van der Waals surface area contributed by atoms with Crippen LogP contribution < -0.4 is 5.32 Å². The van der Waals surface area contributed by atoms with Crippen LogP contribution in [0.3, 0.4) is 0 Å². The summed E-state index contributed by atoms with van der Waals surface area (Å²) in [5, 5.41) is 2.59. The van der Waals surface area contributed by atoms with Crippen molar-refractivity contribution in [3.8, 4) is 0 Å². The molecule has 1 fully saturated rings. The van der Waals surface area contributed by atoms with Gasteiger partial charge in [0, 0.05) is 18.2 Å². The number of nitrogens with zero attached hydrogens (tertiary/aromatic N) is 1. The molecule has 2 unspecified atom stereocenters. The van der Waals surface area contributed by atoms with E-state index in [1.807, 2.05) is 0 Å². The molecule has 1 aliphatic heterocycles. The fourth-order valence-corrected chi connectivity index (χ4v) is 2.34. The minimum atomic E-state index is -0.716. The Kier molecular flexibility index (Phi) is 4.01. The summed E-state index contributed by atoms with van der Waals surface area (Å²) in [7, 11) is 0. The number of carbonyl (C=O) groups excluding carboxylic acids is 2. The zero-order valence-corrected chi connectivity index (χ0v) is 11.3. The van der Waals surface area contributed by atoms with E-state index >= 15 is 0 Å². The lowest BCUT2D eigenvalue weighted by Crippen LogP contribution is -2.61. The normalized spacial score (nSPS) is 22.9. The van der Waals surface area contributed by atoms with Crippen molar-refractivity contribution in [2.24, 2.45) is 0 Å². The summed E-state index contributed by atoms with van der Waals surface area (Å²) in [5.41, 5.74) is 0.195. The molecule has 1 heterocycles. The van der Waals surface area contributed by atoms with Crippen molar-refractivity contribution in [3.05, 3.63) is 35.4 Å². The van der Waals surface area contributed by atoms with E-state index < -0.39 is 23.7 Å². The average molecular weight is 282 g/mol. The lowest BCUT2D eigenvalue weighted by molar-refractivity contribution is -0.149. The van der Waals surface area contributed by atoms with Gasteiger partial charge in [0.15, 0.2) is 0 Å². The minimum Gasteiger partial charge on any atom is -0.343 e. The van der Waals surface area contributed by atoms with Gasteiger partial charge in [0.1, 0.15) is 23.7 Å². The van der Waals surface area contributed by atoms with Crippen LogP contribution in [-0.2, 0) is 16.1 Å². The van der Waals surface area contributed by atoms with Crippen LogP contribution in [0.2, 0.25) is 0 Å². The molecular formula is C14H16F2N2O2. The molecule has 1 aromatic carbocycles. The Bertz CT molecular complexity index is 548. The van der Waals surface area contributed by atoms with E-state index in [9.17, 15) is 18.4 Å². The third-order valence-electron chi connectivity index (χ3n) is 3.43. The average Bonchev–Trinajstić information content (AvgIpc) is 2.38. The highest BCUT2D eigenvalue weighted by atomic mass is 19.1. The van der Waals surface area contributed by atoms with Crippen molar-refractivity contribution in [1.29, 1.82) is 0 Å². The molecular weight excluding hydrogens is 266 g/mol. The molecule has 0 aliphatic carbocycles. The summed E-state index contributed by atoms with van der Waals surface area (Å²) in [6.45, 7) is 3.32. The summed E-state index contributed by atoms with van der Waals surface area (Å²) in [6.07, 6.45) is 0.438. The smallest absolute Gasteiger partial charge is 0.245 e. The first-order valence-corrected chi connectivity index (χ1v) is 6.48. The predicted octanol–water partition coefficient (Wildman–Crippen LogP) is 1.59. The van der Waals surface area contributed by atoms with Gasteiger partial charge in [-0.2, -0.15) is 0 Å². The molecule has 0 radical (unpaired) electrons. The number of rotatable bonds is 3. The number of nitrogens with one attached hydrogen (secondary N) is 1. The van der Waals surface area contributed by atoms with Crippen LogP contribution in [0.1, 0.15) is 25.8 Å². The monoisotopic (exact) mass is 282 g/mol. The first-order chi connectivity index (χ1) is 9.43. The minimum absolute atomic E-state index is 0.0405. The first kappa shape index (κ1) is 14.4. The first-order valence-electron chi connectivity index (χ1n) is 6.48. The van der Waals surface area contributed by atoms with Crippen LogP contribution in [0.25, 0.3) is 0 Å². The highest BCUT2D eigenvalue weighted by molar-refractivity contribution is 5.96. The number of carbonyl (C=O) groups is 2. The molecule has 2 atom stereocenters. The van der Waals surface area contributed by atoms with Crippen molar-refractivity contribution in [1.82, 2.24) is 10.2 Å². The Labute approximate surface area is 115 Å². The van der Waals surface area contributed by atoms with Gasteiger partial charge >= 0.3 is 0 Å². The largest absolute Gasteiger partial charge is 0.343 e. The van der Waals surface area contributed by atoms with Crippen molar-refractivity contribution >= 4 is 11.8 Å². The predicted molar refractivity (Wildman–Crippen MR) is 68.6 cm³/mol. The maximum Gasteiger partial charge on any atom is 0.245 e. The molecule has 2 rings (SSSR count). The Morgan fingerprint density at radius 1 is 1.30 bits per heavy atom. The van der Waals surface area contributed by atoms with Crippen LogP contribution in [0, 0.1) is 11.6 Å². The standard InChI is InChI=1S/C14H16F2N2O2/c1-3-12-13(19)17-8(2)14(20)18(12)7-9-4-5-10(15)6-11(9)16/h4-6,8,12H,3,7H2,1-2H3,(H,17,19). The van der Waals surface area contributed by atoms with Gasteiger partial charge in [-0.25, -0.2) is 8.78 Å². The Morgan fingerprint density at radius 3 is 2.60 bits per heavy atom. The third-order valence-corrected chi connectivity index (χ3v) is 3.43. The SMILES string of the molecule is CCC1C(=O)NC(C)C(=O)N1Cc1ccc(F)cc1F. The van der Waals surface area contributed by atoms with Gasteiger partial charge in [0.25, 0.3) is 0 Å². The van der Waals surface area contributed by atoms with Gasteiger partial charge in [-0.3, -0.25) is 9.59 Å². The molecule has 20 heavy (non-hydrogen) atoms. The van der Waals surface area contributed by atoms with E-state index in [4.69, 9.17) is 0 Å². The molecule has 2 amide bonds. The van der Waals surface area contributed by atoms with Gasteiger partial charge < -0.3 is 10.2 Å². The summed E-state index contributed by atoms with van der Waals surface area (Å²) in [4.78, 5) is 25.3. The van der Waals surface area contributed by atoms with Gasteiger partial charge in [-0.1, -0.05) is 13.0 Å². The summed E-state index contributed by atoms with van der Waals surface area (Å²) < 4.78 is 26.6. The number of hydrogen-bond donors (Lipinski definition) is 1. The molecule has 4 nitrogen and oxygen atoms in total. The van der Waals surface area contributed by atoms with Gasteiger partial charge in [0.05, 0.1) is 0 Å². The van der Waals surface area contributed by atoms with Gasteiger partial charge in [-0.15, -0.1) is 0 Å². The second-order valence-corrected chi connectivity index (χ2v) is 4.86. The maximum absolute atomic E-state index is 13.7. The lowest BCUT2D eigenvalue weighted by Gasteiger charge is -2.37. The molecule has 0 aromatic heterocycles. The zero-order valence-electron chi connectivity index (χ0n) is 11.3. The maximum atomic E-state index is 13.7. The van der Waals surface area contributed by atoms with Gasteiger partial charge in [-0.05, 0) is 19.4 Å². The van der Waals surface area contributed by atoms with E-state index in [0.717, 1.165) is 12.1 Å². The molecule has 0 saturated carbocycles. The van der Waals surface area contributed by atoms with E-state index in [1.54, 1.807) is 13.8 Å². The van der Waals surface area contributed by atoms with Crippen LogP contribution in [0.5, 0.6) is 0 Å². The number of piperazine rings is 1. The third kappa shape index (κ3) is 2.64. The highest BCUT2D eigenvalue weighted by Gasteiger charge is 2.37. The van der Waals surface area contributed by atoms with Crippen LogP contribution >= 0.6 is 0 Å². The molecule has 1 aromatic rings. The van der Waals surface area contributed by atoms with Crippen LogP contribution in [-0.4, -0.2) is 28.8 Å². The Balaban J connectivity index is 2.28. The van der Waals surface area contributed by atoms with Crippen molar-refractivity contribution in [2.45, 2.75) is 38.9 Å². The fraction of sp³-hybridized carbons (Fsp3) is 0.429. The number of hydrogen-bond acceptors (Lipinski definition) is 2. The lowest BCUT2D eigenvalue weighted by atomic mass is 10.0. The number of amides is 2. The molecule has 108 valence electrons. The zero-order chi connectivity index (χ0) is 14.9. The Morgan fingerprint density at radius 2 is 2.00 bits per heavy atom. The van der Waals surface area contributed by atoms with Crippen molar-refractivity contribution < 1.29 is 18.4 Å². The van der Waals surface area contributed by atoms with E-state index in [2.05, 4.69) is 5.32 Å². The van der Waals surface area contributed by atoms with E-state index in [0.29, 0.717) is 6.42 Å². The molecule has 1 aliphatic rings. The topological polar surface area (TPSA) is 49.4 Å². The van der Waals surface area contributed by atoms with Crippen LogP contribution in [0.15, 0.2) is 18.2 Å². The molecule has 0 spiro atoms. The Hall–Kier alpha value is -1.98. The second kappa shape index (κ2) is 5.56. The summed E-state index contributed by atoms with van der Waals surface area (Å²) in [5.74, 6) is -1.90.